The van der Waals surface area contributed by atoms with Crippen molar-refractivity contribution in [2.75, 3.05) is 11.9 Å². The fourth-order valence-corrected chi connectivity index (χ4v) is 1.67. The van der Waals surface area contributed by atoms with Gasteiger partial charge < -0.3 is 10.4 Å². The van der Waals surface area contributed by atoms with E-state index in [0.29, 0.717) is 11.7 Å². The maximum Gasteiger partial charge on any atom is 0.273 e. The summed E-state index contributed by atoms with van der Waals surface area (Å²) in [6.07, 6.45) is 0. The first-order chi connectivity index (χ1) is 9.04. The van der Waals surface area contributed by atoms with E-state index in [0.717, 1.165) is 5.33 Å². The number of hydrazine groups is 1. The lowest BCUT2D eigenvalue weighted by molar-refractivity contribution is 0.0941. The summed E-state index contributed by atoms with van der Waals surface area (Å²) in [5, 5.41) is 13.5. The highest BCUT2D eigenvalue weighted by Gasteiger charge is 2.10. The van der Waals surface area contributed by atoms with E-state index in [9.17, 15) is 9.90 Å². The molecule has 1 rings (SSSR count). The van der Waals surface area contributed by atoms with E-state index in [4.69, 9.17) is 12.2 Å². The molecule has 1 amide bonds. The summed E-state index contributed by atoms with van der Waals surface area (Å²) >= 11 is 11.7. The minimum Gasteiger partial charge on any atom is -0.507 e. The Balaban J connectivity index is 2.38. The molecular formula is C11H13Br2N3O2S. The fraction of sp³-hybridized carbons (Fsp3) is 0.273. The number of amides is 1. The van der Waals surface area contributed by atoms with Crippen molar-refractivity contribution in [1.29, 1.82) is 0 Å². The molecule has 1 aromatic rings. The van der Waals surface area contributed by atoms with Crippen LogP contribution < -0.4 is 16.2 Å². The van der Waals surface area contributed by atoms with Gasteiger partial charge in [-0.05, 0) is 24.4 Å². The van der Waals surface area contributed by atoms with Crippen molar-refractivity contribution in [1.82, 2.24) is 16.2 Å². The third-order valence-electron chi connectivity index (χ3n) is 2.09. The third kappa shape index (κ3) is 5.75. The van der Waals surface area contributed by atoms with Gasteiger partial charge >= 0.3 is 0 Å². The molecule has 0 heterocycles. The van der Waals surface area contributed by atoms with Crippen LogP contribution in [0.1, 0.15) is 10.4 Å². The van der Waals surface area contributed by atoms with Gasteiger partial charge in [0.25, 0.3) is 5.91 Å². The maximum atomic E-state index is 11.7. The molecule has 1 unspecified atom stereocenters. The molecular weight excluding hydrogens is 398 g/mol. The standard InChI is InChI=1S/C11H13Br2N3O2S/c12-5-7(13)6-14-11(19)16-15-10(18)8-3-1-2-4-9(8)17/h1-4,7,17H,5-6H2,(H,15,18)(H2,14,16,19). The second-order valence-electron chi connectivity index (χ2n) is 3.56. The molecule has 0 saturated carbocycles. The van der Waals surface area contributed by atoms with Gasteiger partial charge in [0.05, 0.1) is 5.56 Å². The molecule has 0 aromatic heterocycles. The van der Waals surface area contributed by atoms with Gasteiger partial charge in [0.1, 0.15) is 5.75 Å². The summed E-state index contributed by atoms with van der Waals surface area (Å²) in [7, 11) is 0. The van der Waals surface area contributed by atoms with Crippen LogP contribution in [0.15, 0.2) is 24.3 Å². The smallest absolute Gasteiger partial charge is 0.273 e. The molecule has 8 heteroatoms. The Kier molecular flexibility index (Phi) is 7.11. The van der Waals surface area contributed by atoms with Crippen molar-refractivity contribution in [3.63, 3.8) is 0 Å². The predicted octanol–water partition coefficient (Wildman–Crippen LogP) is 1.66. The zero-order chi connectivity index (χ0) is 14.3. The van der Waals surface area contributed by atoms with Gasteiger partial charge in [-0.15, -0.1) is 0 Å². The quantitative estimate of drug-likeness (QED) is 0.345. The average molecular weight is 411 g/mol. The summed E-state index contributed by atoms with van der Waals surface area (Å²) in [6.45, 7) is 0.615. The second kappa shape index (κ2) is 8.34. The summed E-state index contributed by atoms with van der Waals surface area (Å²) < 4.78 is 0. The van der Waals surface area contributed by atoms with Gasteiger partial charge in [0.2, 0.25) is 0 Å². The number of hydrogen-bond acceptors (Lipinski definition) is 3. The maximum absolute atomic E-state index is 11.7. The van der Waals surface area contributed by atoms with Crippen LogP contribution in [-0.2, 0) is 0 Å². The molecule has 0 spiro atoms. The molecule has 0 aliphatic carbocycles. The number of phenolic OH excluding ortho intramolecular Hbond substituents is 1. The number of nitrogens with one attached hydrogen (secondary N) is 3. The molecule has 0 bridgehead atoms. The Morgan fingerprint density at radius 1 is 1.37 bits per heavy atom. The van der Waals surface area contributed by atoms with Crippen LogP contribution in [0.4, 0.5) is 0 Å². The SMILES string of the molecule is O=C(NNC(=S)NCC(Br)CBr)c1ccccc1O. The lowest BCUT2D eigenvalue weighted by Gasteiger charge is -2.13. The largest absolute Gasteiger partial charge is 0.507 e. The Labute approximate surface area is 133 Å². The van der Waals surface area contributed by atoms with E-state index in [2.05, 4.69) is 48.0 Å². The Morgan fingerprint density at radius 3 is 2.68 bits per heavy atom. The normalized spacial score (nSPS) is 11.5. The van der Waals surface area contributed by atoms with E-state index in [1.807, 2.05) is 0 Å². The fourth-order valence-electron chi connectivity index (χ4n) is 1.15. The van der Waals surface area contributed by atoms with Crippen molar-refractivity contribution in [3.8, 4) is 5.75 Å². The van der Waals surface area contributed by atoms with E-state index >= 15 is 0 Å². The molecule has 0 aliphatic heterocycles. The van der Waals surface area contributed by atoms with E-state index in [-0.39, 0.29) is 16.1 Å². The van der Waals surface area contributed by atoms with E-state index < -0.39 is 5.91 Å². The zero-order valence-corrected chi connectivity index (χ0v) is 13.8. The van der Waals surface area contributed by atoms with Crippen LogP contribution in [0, 0.1) is 0 Å². The number of alkyl halides is 2. The van der Waals surface area contributed by atoms with Gasteiger partial charge in [-0.1, -0.05) is 44.0 Å². The number of rotatable bonds is 4. The number of thiocarbonyl (C=S) groups is 1. The Morgan fingerprint density at radius 2 is 2.05 bits per heavy atom. The van der Waals surface area contributed by atoms with Crippen molar-refractivity contribution in [3.05, 3.63) is 29.8 Å². The van der Waals surface area contributed by atoms with Gasteiger partial charge in [0.15, 0.2) is 5.11 Å². The van der Waals surface area contributed by atoms with Gasteiger partial charge in [-0.25, -0.2) is 0 Å². The van der Waals surface area contributed by atoms with Crippen molar-refractivity contribution in [2.45, 2.75) is 4.83 Å². The average Bonchev–Trinajstić information content (AvgIpc) is 2.42. The molecule has 0 fully saturated rings. The first-order valence-corrected chi connectivity index (χ1v) is 7.81. The molecule has 1 aromatic carbocycles. The second-order valence-corrected chi connectivity index (χ2v) is 5.91. The van der Waals surface area contributed by atoms with Crippen LogP contribution in [0.2, 0.25) is 0 Å². The molecule has 19 heavy (non-hydrogen) atoms. The summed E-state index contributed by atoms with van der Waals surface area (Å²) in [5.41, 5.74) is 5.14. The molecule has 0 radical (unpaired) electrons. The molecule has 5 nitrogen and oxygen atoms in total. The van der Waals surface area contributed by atoms with Crippen LogP contribution in [-0.4, -0.2) is 32.8 Å². The number of phenols is 1. The zero-order valence-electron chi connectivity index (χ0n) is 9.82. The molecule has 0 aliphatic rings. The first kappa shape index (κ1) is 16.2. The minimum absolute atomic E-state index is 0.0829. The summed E-state index contributed by atoms with van der Waals surface area (Å²) in [6, 6.07) is 6.26. The number of carbonyl (C=O) groups is 1. The molecule has 4 N–H and O–H groups in total. The molecule has 1 atom stereocenters. The highest BCUT2D eigenvalue weighted by molar-refractivity contribution is 9.12. The number of hydrogen-bond donors (Lipinski definition) is 4. The van der Waals surface area contributed by atoms with Crippen molar-refractivity contribution in [2.24, 2.45) is 0 Å². The van der Waals surface area contributed by atoms with E-state index in [1.54, 1.807) is 12.1 Å². The highest BCUT2D eigenvalue weighted by Crippen LogP contribution is 2.14. The van der Waals surface area contributed by atoms with Crippen LogP contribution in [0.5, 0.6) is 5.75 Å². The number of aromatic hydroxyl groups is 1. The number of benzene rings is 1. The first-order valence-electron chi connectivity index (χ1n) is 5.36. The van der Waals surface area contributed by atoms with Gasteiger partial charge in [-0.2, -0.15) is 0 Å². The van der Waals surface area contributed by atoms with Crippen LogP contribution in [0.3, 0.4) is 0 Å². The Hall–Kier alpha value is -0.860. The lowest BCUT2D eigenvalue weighted by atomic mass is 10.2. The third-order valence-corrected chi connectivity index (χ3v) is 4.63. The van der Waals surface area contributed by atoms with Crippen LogP contribution >= 0.6 is 44.1 Å². The Bertz CT molecular complexity index is 459. The number of halogens is 2. The number of carbonyl (C=O) groups excluding carboxylic acids is 1. The molecule has 0 saturated heterocycles. The minimum atomic E-state index is -0.460. The number of para-hydroxylation sites is 1. The van der Waals surface area contributed by atoms with Crippen LogP contribution in [0.25, 0.3) is 0 Å². The van der Waals surface area contributed by atoms with Gasteiger partial charge in [0, 0.05) is 16.7 Å². The summed E-state index contributed by atoms with van der Waals surface area (Å²) in [5.74, 6) is -0.543. The highest BCUT2D eigenvalue weighted by atomic mass is 79.9. The topological polar surface area (TPSA) is 73.4 Å². The van der Waals surface area contributed by atoms with Crippen molar-refractivity contribution >= 4 is 55.1 Å². The lowest BCUT2D eigenvalue weighted by Crippen LogP contribution is -2.48. The monoisotopic (exact) mass is 409 g/mol. The van der Waals surface area contributed by atoms with E-state index in [1.165, 1.54) is 12.1 Å². The summed E-state index contributed by atoms with van der Waals surface area (Å²) in [4.78, 5) is 12.0. The van der Waals surface area contributed by atoms with Gasteiger partial charge in [-0.3, -0.25) is 15.6 Å². The van der Waals surface area contributed by atoms with Crippen molar-refractivity contribution < 1.29 is 9.90 Å². The predicted molar refractivity (Wildman–Crippen MR) is 85.8 cm³/mol. The molecule has 104 valence electrons.